The summed E-state index contributed by atoms with van der Waals surface area (Å²) in [7, 11) is 0. The monoisotopic (exact) mass is 336 g/mol. The maximum Gasteiger partial charge on any atom is 0.235 e. The topological polar surface area (TPSA) is 51.0 Å². The summed E-state index contributed by atoms with van der Waals surface area (Å²) in [4.78, 5) is 14.3. The molecule has 0 saturated carbocycles. The van der Waals surface area contributed by atoms with Crippen molar-refractivity contribution in [3.8, 4) is 5.69 Å². The van der Waals surface area contributed by atoms with Gasteiger partial charge in [0.1, 0.15) is 6.33 Å². The Morgan fingerprint density at radius 3 is 2.86 bits per heavy atom. The number of hydrogen-bond donors (Lipinski definition) is 0. The molecule has 5 nitrogen and oxygen atoms in total. The van der Waals surface area contributed by atoms with Crippen molar-refractivity contribution in [1.29, 1.82) is 0 Å². The highest BCUT2D eigenvalue weighted by atomic mass is 35.5. The second-order valence-electron chi connectivity index (χ2n) is 5.26. The van der Waals surface area contributed by atoms with Crippen molar-refractivity contribution in [2.75, 3.05) is 13.1 Å². The first-order valence-electron chi connectivity index (χ1n) is 7.26. The Kier molecular flexibility index (Phi) is 4.69. The first-order chi connectivity index (χ1) is 10.6. The fourth-order valence-corrected chi connectivity index (χ4v) is 3.62. The van der Waals surface area contributed by atoms with E-state index < -0.39 is 0 Å². The van der Waals surface area contributed by atoms with Gasteiger partial charge in [-0.1, -0.05) is 29.4 Å². The lowest BCUT2D eigenvalue weighted by atomic mass is 10.3. The zero-order chi connectivity index (χ0) is 15.5. The van der Waals surface area contributed by atoms with E-state index in [4.69, 9.17) is 11.6 Å². The third-order valence-electron chi connectivity index (χ3n) is 3.65. The molecule has 7 heteroatoms. The van der Waals surface area contributed by atoms with E-state index in [2.05, 4.69) is 10.2 Å². The lowest BCUT2D eigenvalue weighted by molar-refractivity contribution is -0.129. The molecule has 0 radical (unpaired) electrons. The van der Waals surface area contributed by atoms with Crippen LogP contribution in [0.1, 0.15) is 19.8 Å². The molecule has 1 aromatic heterocycles. The molecular weight excluding hydrogens is 320 g/mol. The van der Waals surface area contributed by atoms with Gasteiger partial charge in [0.05, 0.1) is 10.9 Å². The molecule has 1 saturated heterocycles. The predicted octanol–water partition coefficient (Wildman–Crippen LogP) is 3.02. The highest BCUT2D eigenvalue weighted by Crippen LogP contribution is 2.26. The van der Waals surface area contributed by atoms with Gasteiger partial charge in [-0.15, -0.1) is 10.2 Å². The van der Waals surface area contributed by atoms with Crippen LogP contribution in [0.3, 0.4) is 0 Å². The number of thioether (sulfide) groups is 1. The molecule has 2 heterocycles. The molecule has 0 spiro atoms. The number of carbonyl (C=O) groups excluding carboxylic acids is 1. The second-order valence-corrected chi connectivity index (χ2v) is 7.00. The Labute approximate surface area is 138 Å². The molecule has 1 aliphatic rings. The fraction of sp³-hybridized carbons (Fsp3) is 0.400. The van der Waals surface area contributed by atoms with Crippen LogP contribution in [0.2, 0.25) is 5.02 Å². The molecule has 116 valence electrons. The Bertz CT molecular complexity index is 669. The SMILES string of the molecule is CC(Sc1nncn1-c1cccc(Cl)c1)C(=O)N1CCCC1. The standard InChI is InChI=1S/C15H17ClN4OS/c1-11(14(21)19-7-2-3-8-19)22-15-18-17-10-20(15)13-6-4-5-12(16)9-13/h4-6,9-11H,2-3,7-8H2,1H3. The molecule has 2 aromatic rings. The van der Waals surface area contributed by atoms with Crippen molar-refractivity contribution >= 4 is 29.3 Å². The van der Waals surface area contributed by atoms with Crippen LogP contribution < -0.4 is 0 Å². The summed E-state index contributed by atoms with van der Waals surface area (Å²) >= 11 is 7.46. The molecule has 0 N–H and O–H groups in total. The number of likely N-dealkylation sites (tertiary alicyclic amines) is 1. The quantitative estimate of drug-likeness (QED) is 0.805. The van der Waals surface area contributed by atoms with E-state index in [-0.39, 0.29) is 11.2 Å². The fourth-order valence-electron chi connectivity index (χ4n) is 2.51. The molecule has 1 amide bonds. The minimum absolute atomic E-state index is 0.170. The zero-order valence-corrected chi connectivity index (χ0v) is 13.8. The van der Waals surface area contributed by atoms with Crippen LogP contribution >= 0.6 is 23.4 Å². The molecule has 1 unspecified atom stereocenters. The van der Waals surface area contributed by atoms with Gasteiger partial charge >= 0.3 is 0 Å². The third kappa shape index (κ3) is 3.28. The van der Waals surface area contributed by atoms with Crippen molar-refractivity contribution in [2.24, 2.45) is 0 Å². The van der Waals surface area contributed by atoms with Gasteiger partial charge < -0.3 is 4.90 Å². The van der Waals surface area contributed by atoms with E-state index in [1.54, 1.807) is 6.33 Å². The molecular formula is C15H17ClN4OS. The number of nitrogens with zero attached hydrogens (tertiary/aromatic N) is 4. The number of aromatic nitrogens is 3. The van der Waals surface area contributed by atoms with Crippen LogP contribution in [0, 0.1) is 0 Å². The van der Waals surface area contributed by atoms with Crippen molar-refractivity contribution in [2.45, 2.75) is 30.2 Å². The Morgan fingerprint density at radius 2 is 2.14 bits per heavy atom. The normalized spacial score (nSPS) is 16.0. The number of carbonyl (C=O) groups is 1. The maximum absolute atomic E-state index is 12.4. The van der Waals surface area contributed by atoms with Gasteiger partial charge in [-0.3, -0.25) is 9.36 Å². The molecule has 1 fully saturated rings. The van der Waals surface area contributed by atoms with E-state index in [0.29, 0.717) is 10.2 Å². The van der Waals surface area contributed by atoms with Gasteiger partial charge in [0.25, 0.3) is 0 Å². The zero-order valence-electron chi connectivity index (χ0n) is 12.3. The van der Waals surface area contributed by atoms with Crippen molar-refractivity contribution in [3.05, 3.63) is 35.6 Å². The summed E-state index contributed by atoms with van der Waals surface area (Å²) in [5, 5.41) is 9.27. The first-order valence-corrected chi connectivity index (χ1v) is 8.52. The molecule has 1 aromatic carbocycles. The lowest BCUT2D eigenvalue weighted by Crippen LogP contribution is -2.34. The van der Waals surface area contributed by atoms with Gasteiger partial charge in [0.2, 0.25) is 5.91 Å². The van der Waals surface area contributed by atoms with Crippen LogP contribution in [-0.4, -0.2) is 43.9 Å². The number of benzene rings is 1. The van der Waals surface area contributed by atoms with Crippen LogP contribution in [0.25, 0.3) is 5.69 Å². The van der Waals surface area contributed by atoms with Crippen molar-refractivity contribution in [1.82, 2.24) is 19.7 Å². The molecule has 0 aliphatic carbocycles. The molecule has 1 atom stereocenters. The van der Waals surface area contributed by atoms with E-state index in [1.165, 1.54) is 11.8 Å². The number of hydrogen-bond acceptors (Lipinski definition) is 4. The maximum atomic E-state index is 12.4. The van der Waals surface area contributed by atoms with E-state index >= 15 is 0 Å². The summed E-state index contributed by atoms with van der Waals surface area (Å²) in [6.07, 6.45) is 3.84. The van der Waals surface area contributed by atoms with Crippen LogP contribution in [0.5, 0.6) is 0 Å². The highest BCUT2D eigenvalue weighted by molar-refractivity contribution is 8.00. The molecule has 1 aliphatic heterocycles. The second kappa shape index (κ2) is 6.71. The highest BCUT2D eigenvalue weighted by Gasteiger charge is 2.25. The van der Waals surface area contributed by atoms with Crippen LogP contribution in [0.4, 0.5) is 0 Å². The van der Waals surface area contributed by atoms with Crippen molar-refractivity contribution in [3.63, 3.8) is 0 Å². The summed E-state index contributed by atoms with van der Waals surface area (Å²) in [6.45, 7) is 3.65. The van der Waals surface area contributed by atoms with Gasteiger partial charge in [-0.25, -0.2) is 0 Å². The Balaban J connectivity index is 1.76. The number of rotatable bonds is 4. The van der Waals surface area contributed by atoms with E-state index in [0.717, 1.165) is 31.6 Å². The first kappa shape index (κ1) is 15.4. The average molecular weight is 337 g/mol. The largest absolute Gasteiger partial charge is 0.342 e. The van der Waals surface area contributed by atoms with E-state index in [1.807, 2.05) is 40.7 Å². The molecule has 3 rings (SSSR count). The lowest BCUT2D eigenvalue weighted by Gasteiger charge is -2.19. The summed E-state index contributed by atoms with van der Waals surface area (Å²) in [5.41, 5.74) is 0.890. The van der Waals surface area contributed by atoms with Crippen molar-refractivity contribution < 1.29 is 4.79 Å². The summed E-state index contributed by atoms with van der Waals surface area (Å²) in [6, 6.07) is 7.49. The minimum atomic E-state index is -0.180. The van der Waals surface area contributed by atoms with Gasteiger partial charge in [0, 0.05) is 18.1 Å². The van der Waals surface area contributed by atoms with Gasteiger partial charge in [-0.2, -0.15) is 0 Å². The summed E-state index contributed by atoms with van der Waals surface area (Å²) < 4.78 is 1.85. The summed E-state index contributed by atoms with van der Waals surface area (Å²) in [5.74, 6) is 0.170. The Hall–Kier alpha value is -1.53. The molecule has 22 heavy (non-hydrogen) atoms. The van der Waals surface area contributed by atoms with Crippen LogP contribution in [-0.2, 0) is 4.79 Å². The van der Waals surface area contributed by atoms with Gasteiger partial charge in [0.15, 0.2) is 5.16 Å². The van der Waals surface area contributed by atoms with Gasteiger partial charge in [-0.05, 0) is 38.0 Å². The average Bonchev–Trinajstić information content (AvgIpc) is 3.18. The Morgan fingerprint density at radius 1 is 1.36 bits per heavy atom. The minimum Gasteiger partial charge on any atom is -0.342 e. The predicted molar refractivity (Wildman–Crippen MR) is 87.5 cm³/mol. The van der Waals surface area contributed by atoms with Crippen LogP contribution in [0.15, 0.2) is 35.7 Å². The number of halogens is 1. The smallest absolute Gasteiger partial charge is 0.235 e. The third-order valence-corrected chi connectivity index (χ3v) is 4.93. The number of amides is 1. The molecule has 0 bridgehead atoms. The van der Waals surface area contributed by atoms with E-state index in [9.17, 15) is 4.79 Å².